The fourth-order valence-corrected chi connectivity index (χ4v) is 2.58. The molecule has 3 nitrogen and oxygen atoms in total. The standard InChI is InChI=1S/C15H22FNO2/c1-4-15(5-2)10-19-13(9-17-15)14-11(16)7-6-8-12(14)18-3/h6-8,13,17H,4-5,9-10H2,1-3H3. The molecule has 0 aliphatic carbocycles. The Bertz CT molecular complexity index is 422. The summed E-state index contributed by atoms with van der Waals surface area (Å²) in [6.07, 6.45) is 1.72. The normalized spacial score (nSPS) is 22.2. The van der Waals surface area contributed by atoms with E-state index in [-0.39, 0.29) is 17.5 Å². The Kier molecular flexibility index (Phi) is 4.42. The molecule has 1 unspecified atom stereocenters. The summed E-state index contributed by atoms with van der Waals surface area (Å²) in [6.45, 7) is 5.49. The van der Waals surface area contributed by atoms with Crippen molar-refractivity contribution < 1.29 is 13.9 Å². The third-order valence-corrected chi connectivity index (χ3v) is 4.13. The second-order valence-electron chi connectivity index (χ2n) is 5.02. The summed E-state index contributed by atoms with van der Waals surface area (Å²) >= 11 is 0. The lowest BCUT2D eigenvalue weighted by atomic mass is 9.91. The van der Waals surface area contributed by atoms with Crippen LogP contribution in [-0.2, 0) is 4.74 Å². The maximum atomic E-state index is 14.0. The quantitative estimate of drug-likeness (QED) is 0.909. The van der Waals surface area contributed by atoms with E-state index in [1.165, 1.54) is 6.07 Å². The van der Waals surface area contributed by atoms with Crippen molar-refractivity contribution in [1.82, 2.24) is 5.32 Å². The van der Waals surface area contributed by atoms with E-state index in [2.05, 4.69) is 19.2 Å². The summed E-state index contributed by atoms with van der Waals surface area (Å²) in [7, 11) is 1.55. The lowest BCUT2D eigenvalue weighted by Gasteiger charge is -2.40. The molecule has 1 aromatic carbocycles. The van der Waals surface area contributed by atoms with Gasteiger partial charge in [0.2, 0.25) is 0 Å². The van der Waals surface area contributed by atoms with Gasteiger partial charge in [0.05, 0.1) is 19.3 Å². The van der Waals surface area contributed by atoms with Crippen molar-refractivity contribution in [3.63, 3.8) is 0 Å². The number of morpholine rings is 1. The summed E-state index contributed by atoms with van der Waals surface area (Å²) in [4.78, 5) is 0. The number of methoxy groups -OCH3 is 1. The first-order valence-corrected chi connectivity index (χ1v) is 6.85. The van der Waals surface area contributed by atoms with E-state index in [0.717, 1.165) is 12.8 Å². The minimum absolute atomic E-state index is 0.0228. The van der Waals surface area contributed by atoms with Crippen molar-refractivity contribution in [3.05, 3.63) is 29.6 Å². The van der Waals surface area contributed by atoms with Crippen molar-refractivity contribution in [3.8, 4) is 5.75 Å². The number of hydrogen-bond donors (Lipinski definition) is 1. The molecule has 1 atom stereocenters. The first-order chi connectivity index (χ1) is 9.15. The molecule has 1 aromatic rings. The molecule has 1 fully saturated rings. The summed E-state index contributed by atoms with van der Waals surface area (Å²) in [5.74, 6) is 0.277. The van der Waals surface area contributed by atoms with Crippen LogP contribution >= 0.6 is 0 Å². The molecule has 19 heavy (non-hydrogen) atoms. The van der Waals surface area contributed by atoms with Crippen LogP contribution in [0.2, 0.25) is 0 Å². The van der Waals surface area contributed by atoms with Crippen LogP contribution in [-0.4, -0.2) is 25.8 Å². The predicted octanol–water partition coefficient (Wildman–Crippen LogP) is 3.05. The monoisotopic (exact) mass is 267 g/mol. The largest absolute Gasteiger partial charge is 0.496 e. The molecule has 0 spiro atoms. The Hall–Kier alpha value is -1.13. The van der Waals surface area contributed by atoms with E-state index < -0.39 is 0 Å². The summed E-state index contributed by atoms with van der Waals surface area (Å²) in [6, 6.07) is 4.86. The van der Waals surface area contributed by atoms with Crippen molar-refractivity contribution in [2.45, 2.75) is 38.3 Å². The Labute approximate surface area is 114 Å². The third-order valence-electron chi connectivity index (χ3n) is 4.13. The number of rotatable bonds is 4. The number of ether oxygens (including phenoxy) is 2. The van der Waals surface area contributed by atoms with Gasteiger partial charge in [0.15, 0.2) is 0 Å². The fourth-order valence-electron chi connectivity index (χ4n) is 2.58. The molecular weight excluding hydrogens is 245 g/mol. The maximum absolute atomic E-state index is 14.0. The predicted molar refractivity (Wildman–Crippen MR) is 73.0 cm³/mol. The molecule has 4 heteroatoms. The second-order valence-corrected chi connectivity index (χ2v) is 5.02. The van der Waals surface area contributed by atoms with Crippen molar-refractivity contribution in [2.75, 3.05) is 20.3 Å². The molecule has 106 valence electrons. The molecular formula is C15H22FNO2. The van der Waals surface area contributed by atoms with Crippen molar-refractivity contribution >= 4 is 0 Å². The van der Waals surface area contributed by atoms with Gasteiger partial charge in [0.25, 0.3) is 0 Å². The first-order valence-electron chi connectivity index (χ1n) is 6.85. The zero-order valence-corrected chi connectivity index (χ0v) is 11.8. The Balaban J connectivity index is 2.18. The van der Waals surface area contributed by atoms with Crippen LogP contribution in [0.25, 0.3) is 0 Å². The highest BCUT2D eigenvalue weighted by atomic mass is 19.1. The average Bonchev–Trinajstić information content (AvgIpc) is 2.47. The van der Waals surface area contributed by atoms with Crippen LogP contribution in [0, 0.1) is 5.82 Å². The lowest BCUT2D eigenvalue weighted by Crippen LogP contribution is -2.54. The number of halogens is 1. The lowest BCUT2D eigenvalue weighted by molar-refractivity contribution is -0.0397. The highest BCUT2D eigenvalue weighted by Gasteiger charge is 2.34. The fraction of sp³-hybridized carbons (Fsp3) is 0.600. The van der Waals surface area contributed by atoms with Crippen LogP contribution in [0.3, 0.4) is 0 Å². The highest BCUT2D eigenvalue weighted by Crippen LogP contribution is 2.34. The molecule has 1 aliphatic rings. The van der Waals surface area contributed by atoms with Gasteiger partial charge >= 0.3 is 0 Å². The number of hydrogen-bond acceptors (Lipinski definition) is 3. The van der Waals surface area contributed by atoms with Gasteiger partial charge in [-0.3, -0.25) is 0 Å². The van der Waals surface area contributed by atoms with Gasteiger partial charge in [-0.05, 0) is 25.0 Å². The van der Waals surface area contributed by atoms with E-state index in [1.54, 1.807) is 19.2 Å². The molecule has 1 N–H and O–H groups in total. The van der Waals surface area contributed by atoms with Gasteiger partial charge in [-0.1, -0.05) is 19.9 Å². The Morgan fingerprint density at radius 2 is 2.16 bits per heavy atom. The zero-order valence-electron chi connectivity index (χ0n) is 11.8. The average molecular weight is 267 g/mol. The first kappa shape index (κ1) is 14.3. The van der Waals surface area contributed by atoms with Gasteiger partial charge < -0.3 is 14.8 Å². The Morgan fingerprint density at radius 3 is 2.68 bits per heavy atom. The number of benzene rings is 1. The summed E-state index contributed by atoms with van der Waals surface area (Å²) in [5.41, 5.74) is 0.535. The molecule has 0 aromatic heterocycles. The van der Waals surface area contributed by atoms with Crippen molar-refractivity contribution in [2.24, 2.45) is 0 Å². The minimum Gasteiger partial charge on any atom is -0.496 e. The molecule has 2 rings (SSSR count). The van der Waals surface area contributed by atoms with Gasteiger partial charge in [-0.2, -0.15) is 0 Å². The smallest absolute Gasteiger partial charge is 0.132 e. The highest BCUT2D eigenvalue weighted by molar-refractivity contribution is 5.37. The number of nitrogens with one attached hydrogen (secondary N) is 1. The molecule has 1 saturated heterocycles. The van der Waals surface area contributed by atoms with Crippen LogP contribution in [0.4, 0.5) is 4.39 Å². The van der Waals surface area contributed by atoms with Crippen LogP contribution < -0.4 is 10.1 Å². The van der Waals surface area contributed by atoms with E-state index >= 15 is 0 Å². The van der Waals surface area contributed by atoms with Gasteiger partial charge in [-0.15, -0.1) is 0 Å². The third kappa shape index (κ3) is 2.74. The molecule has 0 amide bonds. The summed E-state index contributed by atoms with van der Waals surface area (Å²) < 4.78 is 25.1. The molecule has 0 radical (unpaired) electrons. The minimum atomic E-state index is -0.289. The summed E-state index contributed by atoms with van der Waals surface area (Å²) in [5, 5.41) is 3.51. The van der Waals surface area contributed by atoms with Gasteiger partial charge in [0.1, 0.15) is 17.7 Å². The van der Waals surface area contributed by atoms with E-state index in [0.29, 0.717) is 24.5 Å². The Morgan fingerprint density at radius 1 is 1.42 bits per heavy atom. The van der Waals surface area contributed by atoms with Gasteiger partial charge in [0, 0.05) is 12.1 Å². The van der Waals surface area contributed by atoms with Gasteiger partial charge in [-0.25, -0.2) is 4.39 Å². The van der Waals surface area contributed by atoms with E-state index in [1.807, 2.05) is 0 Å². The van der Waals surface area contributed by atoms with Crippen LogP contribution in [0.5, 0.6) is 5.75 Å². The maximum Gasteiger partial charge on any atom is 0.132 e. The second kappa shape index (κ2) is 5.88. The topological polar surface area (TPSA) is 30.5 Å². The zero-order chi connectivity index (χ0) is 13.9. The molecule has 1 aliphatic heterocycles. The molecule has 0 bridgehead atoms. The van der Waals surface area contributed by atoms with Crippen LogP contribution in [0.15, 0.2) is 18.2 Å². The van der Waals surface area contributed by atoms with Crippen LogP contribution in [0.1, 0.15) is 38.4 Å². The van der Waals surface area contributed by atoms with E-state index in [9.17, 15) is 4.39 Å². The molecule has 1 heterocycles. The SMILES string of the molecule is CCC1(CC)COC(c2c(F)cccc2OC)CN1. The van der Waals surface area contributed by atoms with Crippen molar-refractivity contribution in [1.29, 1.82) is 0 Å². The molecule has 0 saturated carbocycles. The van der Waals surface area contributed by atoms with E-state index in [4.69, 9.17) is 9.47 Å².